The van der Waals surface area contributed by atoms with E-state index in [2.05, 4.69) is 4.98 Å². The molecule has 0 radical (unpaired) electrons. The monoisotopic (exact) mass is 447 g/mol. The summed E-state index contributed by atoms with van der Waals surface area (Å²) in [4.78, 5) is 29.7. The summed E-state index contributed by atoms with van der Waals surface area (Å²) in [6.07, 6.45) is 1.98. The van der Waals surface area contributed by atoms with Crippen LogP contribution in [0, 0.1) is 0 Å². The van der Waals surface area contributed by atoms with Gasteiger partial charge in [0.15, 0.2) is 6.10 Å². The number of sulfonamides is 1. The Morgan fingerprint density at radius 3 is 2.68 bits per heavy atom. The number of carbonyl (C=O) groups is 2. The predicted octanol–water partition coefficient (Wildman–Crippen LogP) is 1.56. The van der Waals surface area contributed by atoms with Gasteiger partial charge < -0.3 is 19.4 Å². The normalized spacial score (nSPS) is 18.3. The summed E-state index contributed by atoms with van der Waals surface area (Å²) in [7, 11) is -3.73. The molecule has 1 saturated heterocycles. The van der Waals surface area contributed by atoms with E-state index in [1.165, 1.54) is 23.5 Å². The van der Waals surface area contributed by atoms with Crippen molar-refractivity contribution in [3.63, 3.8) is 0 Å². The van der Waals surface area contributed by atoms with Crippen molar-refractivity contribution in [2.75, 3.05) is 37.7 Å². The van der Waals surface area contributed by atoms with Crippen LogP contribution in [0.1, 0.15) is 29.4 Å². The molecule has 1 aromatic heterocycles. The van der Waals surface area contributed by atoms with Crippen LogP contribution in [-0.2, 0) is 30.7 Å². The lowest BCUT2D eigenvalue weighted by Gasteiger charge is -2.31. The van der Waals surface area contributed by atoms with Crippen molar-refractivity contribution in [1.29, 1.82) is 0 Å². The summed E-state index contributed by atoms with van der Waals surface area (Å²) in [6, 6.07) is 8.91. The fourth-order valence-corrected chi connectivity index (χ4v) is 5.24. The Balaban J connectivity index is 1.44. The number of aromatic amines is 1. The number of hydrogen-bond acceptors (Lipinski definition) is 6. The molecule has 1 N–H and O–H groups in total. The second-order valence-electron chi connectivity index (χ2n) is 7.54. The van der Waals surface area contributed by atoms with Gasteiger partial charge in [0.2, 0.25) is 10.0 Å². The minimum Gasteiger partial charge on any atom is -0.448 e. The highest BCUT2D eigenvalue weighted by molar-refractivity contribution is 7.89. The van der Waals surface area contributed by atoms with E-state index in [4.69, 9.17) is 9.47 Å². The number of aryl methyl sites for hydroxylation is 1. The average molecular weight is 448 g/mol. The molecule has 1 aromatic carbocycles. The first kappa shape index (κ1) is 21.5. The fourth-order valence-electron chi connectivity index (χ4n) is 3.83. The largest absolute Gasteiger partial charge is 0.448 e. The van der Waals surface area contributed by atoms with E-state index in [0.717, 1.165) is 24.1 Å². The van der Waals surface area contributed by atoms with E-state index in [0.29, 0.717) is 19.8 Å². The van der Waals surface area contributed by atoms with Gasteiger partial charge in [-0.2, -0.15) is 4.31 Å². The number of para-hydroxylation sites is 1. The lowest BCUT2D eigenvalue weighted by atomic mass is 10.0. The fraction of sp³-hybridized carbons (Fsp3) is 0.429. The summed E-state index contributed by atoms with van der Waals surface area (Å²) in [5.74, 6) is -1.09. The Morgan fingerprint density at radius 1 is 1.16 bits per heavy atom. The first-order valence-corrected chi connectivity index (χ1v) is 11.7. The van der Waals surface area contributed by atoms with Crippen molar-refractivity contribution in [2.24, 2.45) is 0 Å². The number of anilines is 1. The maximum absolute atomic E-state index is 12.9. The van der Waals surface area contributed by atoms with Crippen molar-refractivity contribution in [3.8, 4) is 0 Å². The maximum Gasteiger partial charge on any atom is 0.355 e. The van der Waals surface area contributed by atoms with Gasteiger partial charge in [-0.25, -0.2) is 13.2 Å². The van der Waals surface area contributed by atoms with Crippen molar-refractivity contribution in [3.05, 3.63) is 47.8 Å². The molecule has 0 spiro atoms. The van der Waals surface area contributed by atoms with Gasteiger partial charge >= 0.3 is 5.97 Å². The van der Waals surface area contributed by atoms with Crippen LogP contribution < -0.4 is 4.90 Å². The number of morpholine rings is 1. The molecule has 4 rings (SSSR count). The first-order valence-electron chi connectivity index (χ1n) is 10.2. The van der Waals surface area contributed by atoms with Crippen LogP contribution in [-0.4, -0.2) is 68.5 Å². The van der Waals surface area contributed by atoms with Crippen LogP contribution in [0.15, 0.2) is 41.4 Å². The van der Waals surface area contributed by atoms with Crippen molar-refractivity contribution < 1.29 is 27.5 Å². The van der Waals surface area contributed by atoms with Gasteiger partial charge in [0.25, 0.3) is 5.91 Å². The Labute approximate surface area is 181 Å². The van der Waals surface area contributed by atoms with Gasteiger partial charge in [-0.1, -0.05) is 18.2 Å². The molecule has 1 amide bonds. The summed E-state index contributed by atoms with van der Waals surface area (Å²) in [5.41, 5.74) is 1.90. The zero-order valence-electron chi connectivity index (χ0n) is 17.2. The van der Waals surface area contributed by atoms with Crippen LogP contribution >= 0.6 is 0 Å². The summed E-state index contributed by atoms with van der Waals surface area (Å²) in [6.45, 7) is 3.26. The Hall–Kier alpha value is -2.69. The number of fused-ring (bicyclic) bond motifs is 1. The number of hydrogen-bond donors (Lipinski definition) is 1. The molecule has 1 atom stereocenters. The summed E-state index contributed by atoms with van der Waals surface area (Å²) < 4.78 is 37.3. The predicted molar refractivity (Wildman–Crippen MR) is 112 cm³/mol. The highest BCUT2D eigenvalue weighted by atomic mass is 32.2. The molecule has 9 nitrogen and oxygen atoms in total. The minimum absolute atomic E-state index is 0.0227. The number of amides is 1. The second kappa shape index (κ2) is 8.81. The summed E-state index contributed by atoms with van der Waals surface area (Å²) >= 11 is 0. The molecule has 31 heavy (non-hydrogen) atoms. The van der Waals surface area contributed by atoms with E-state index in [-0.39, 0.29) is 29.6 Å². The van der Waals surface area contributed by atoms with Crippen molar-refractivity contribution in [1.82, 2.24) is 9.29 Å². The van der Waals surface area contributed by atoms with Crippen LogP contribution in [0.3, 0.4) is 0 Å². The minimum atomic E-state index is -3.73. The molecule has 0 unspecified atom stereocenters. The van der Waals surface area contributed by atoms with E-state index in [1.807, 2.05) is 24.3 Å². The van der Waals surface area contributed by atoms with Crippen LogP contribution in [0.25, 0.3) is 0 Å². The average Bonchev–Trinajstić information content (AvgIpc) is 3.30. The lowest BCUT2D eigenvalue weighted by molar-refractivity contribution is -0.126. The number of aromatic nitrogens is 1. The number of esters is 1. The number of nitrogens with one attached hydrogen (secondary N) is 1. The quantitative estimate of drug-likeness (QED) is 0.697. The molecule has 2 aliphatic rings. The van der Waals surface area contributed by atoms with Gasteiger partial charge in [0.05, 0.1) is 13.2 Å². The van der Waals surface area contributed by atoms with Crippen molar-refractivity contribution >= 4 is 27.6 Å². The second-order valence-corrected chi connectivity index (χ2v) is 9.47. The van der Waals surface area contributed by atoms with E-state index in [9.17, 15) is 18.0 Å². The Bertz CT molecular complexity index is 1070. The molecular weight excluding hydrogens is 422 g/mol. The van der Waals surface area contributed by atoms with Gasteiger partial charge in [-0.3, -0.25) is 4.79 Å². The standard InChI is InChI=1S/C21H25N3O6S/c1-15(20(25)24-8-4-6-16-5-2-3-7-19(16)24)30-21(26)18-13-17(14-22-18)31(27,28)23-9-11-29-12-10-23/h2-3,5,7,13-15,22H,4,6,8-12H2,1H3/t15-/m0/s1. The SMILES string of the molecule is C[C@H](OC(=O)c1cc(S(=O)(=O)N2CCOCC2)c[nH]1)C(=O)N1CCCc2ccccc21. The van der Waals surface area contributed by atoms with Gasteiger partial charge in [0, 0.05) is 31.5 Å². The number of rotatable bonds is 5. The molecule has 1 fully saturated rings. The number of benzene rings is 1. The molecule has 3 heterocycles. The lowest BCUT2D eigenvalue weighted by Crippen LogP contribution is -2.42. The first-order chi connectivity index (χ1) is 14.9. The number of ether oxygens (including phenoxy) is 2. The van der Waals surface area contributed by atoms with Crippen molar-refractivity contribution in [2.45, 2.75) is 30.8 Å². The molecular formula is C21H25N3O6S. The maximum atomic E-state index is 12.9. The highest BCUT2D eigenvalue weighted by Crippen LogP contribution is 2.27. The van der Waals surface area contributed by atoms with Gasteiger partial charge in [0.1, 0.15) is 10.6 Å². The summed E-state index contributed by atoms with van der Waals surface area (Å²) in [5, 5.41) is 0. The van der Waals surface area contributed by atoms with E-state index >= 15 is 0 Å². The van der Waals surface area contributed by atoms with Crippen LogP contribution in [0.4, 0.5) is 5.69 Å². The van der Waals surface area contributed by atoms with Gasteiger partial charge in [-0.15, -0.1) is 0 Å². The number of nitrogens with zero attached hydrogens (tertiary/aromatic N) is 2. The zero-order chi connectivity index (χ0) is 22.0. The molecule has 2 aromatic rings. The van der Waals surface area contributed by atoms with E-state index < -0.39 is 22.1 Å². The van der Waals surface area contributed by atoms with Crippen LogP contribution in [0.5, 0.6) is 0 Å². The zero-order valence-corrected chi connectivity index (χ0v) is 18.1. The third-order valence-electron chi connectivity index (χ3n) is 5.49. The Morgan fingerprint density at radius 2 is 1.90 bits per heavy atom. The number of H-pyrrole nitrogens is 1. The highest BCUT2D eigenvalue weighted by Gasteiger charge is 2.31. The topological polar surface area (TPSA) is 109 Å². The van der Waals surface area contributed by atoms with Crippen LogP contribution in [0.2, 0.25) is 0 Å². The third kappa shape index (κ3) is 4.36. The molecule has 166 valence electrons. The number of carbonyl (C=O) groups excluding carboxylic acids is 2. The molecule has 10 heteroatoms. The third-order valence-corrected chi connectivity index (χ3v) is 7.37. The molecule has 2 aliphatic heterocycles. The molecule has 0 saturated carbocycles. The van der Waals surface area contributed by atoms with E-state index in [1.54, 1.807) is 4.90 Å². The Kier molecular flexibility index (Phi) is 6.12. The molecule has 0 aliphatic carbocycles. The smallest absolute Gasteiger partial charge is 0.355 e. The molecule has 0 bridgehead atoms. The van der Waals surface area contributed by atoms with Gasteiger partial charge in [-0.05, 0) is 37.5 Å².